The zero-order valence-electron chi connectivity index (χ0n) is 16.6. The molecular weight excluding hydrogens is 365 g/mol. The molecule has 0 unspecified atom stereocenters. The number of carbonyl (C=O) groups is 1. The molecule has 3 nitrogen and oxygen atoms in total. The highest BCUT2D eigenvalue weighted by Gasteiger charge is 2.23. The minimum atomic E-state index is -0.250. The summed E-state index contributed by atoms with van der Waals surface area (Å²) < 4.78 is 16.0. The van der Waals surface area contributed by atoms with Gasteiger partial charge >= 0.3 is 0 Å². The Kier molecular flexibility index (Phi) is 4.71. The fraction of sp³-hybridized carbons (Fsp3) is 0.160. The van der Waals surface area contributed by atoms with Gasteiger partial charge in [0.15, 0.2) is 6.29 Å². The second-order valence-corrected chi connectivity index (χ2v) is 7.59. The van der Waals surface area contributed by atoms with Crippen molar-refractivity contribution >= 4 is 17.2 Å². The Morgan fingerprint density at radius 2 is 1.79 bits per heavy atom. The third kappa shape index (κ3) is 3.11. The number of aromatic hydroxyl groups is 1. The Labute approximate surface area is 169 Å². The maximum absolute atomic E-state index is 13.9. The summed E-state index contributed by atoms with van der Waals surface area (Å²) in [6.45, 7) is 5.93. The maximum Gasteiger partial charge on any atom is 0.150 e. The van der Waals surface area contributed by atoms with E-state index in [1.54, 1.807) is 31.2 Å². The van der Waals surface area contributed by atoms with E-state index in [0.717, 1.165) is 39.7 Å². The van der Waals surface area contributed by atoms with E-state index in [0.29, 0.717) is 11.1 Å². The van der Waals surface area contributed by atoms with E-state index in [4.69, 9.17) is 0 Å². The molecule has 0 saturated heterocycles. The van der Waals surface area contributed by atoms with E-state index in [9.17, 15) is 14.3 Å². The van der Waals surface area contributed by atoms with Crippen molar-refractivity contribution in [1.29, 1.82) is 0 Å². The lowest BCUT2D eigenvalue weighted by Crippen LogP contribution is -2.04. The first kappa shape index (κ1) is 18.9. The number of nitrogens with zero attached hydrogens (tertiary/aromatic N) is 1. The molecule has 0 spiro atoms. The van der Waals surface area contributed by atoms with Crippen molar-refractivity contribution in [3.63, 3.8) is 0 Å². The van der Waals surface area contributed by atoms with Crippen LogP contribution in [0.3, 0.4) is 0 Å². The van der Waals surface area contributed by atoms with E-state index in [1.165, 1.54) is 6.07 Å². The van der Waals surface area contributed by atoms with Gasteiger partial charge in [-0.05, 0) is 60.4 Å². The predicted molar refractivity (Wildman–Crippen MR) is 115 cm³/mol. The number of benzene rings is 3. The number of aromatic nitrogens is 1. The summed E-state index contributed by atoms with van der Waals surface area (Å²) >= 11 is 0. The summed E-state index contributed by atoms with van der Waals surface area (Å²) in [5, 5.41) is 11.0. The molecule has 0 bridgehead atoms. The lowest BCUT2D eigenvalue weighted by atomic mass is 9.93. The van der Waals surface area contributed by atoms with Crippen LogP contribution in [0.2, 0.25) is 0 Å². The highest BCUT2D eigenvalue weighted by Crippen LogP contribution is 2.42. The number of hydrogen-bond donors (Lipinski definition) is 1. The zero-order valence-corrected chi connectivity index (χ0v) is 16.6. The van der Waals surface area contributed by atoms with Crippen LogP contribution in [0.4, 0.5) is 4.39 Å². The van der Waals surface area contributed by atoms with Gasteiger partial charge in [-0.1, -0.05) is 38.1 Å². The van der Waals surface area contributed by atoms with Crippen molar-refractivity contribution in [2.24, 2.45) is 0 Å². The van der Waals surface area contributed by atoms with Crippen LogP contribution in [0.15, 0.2) is 60.7 Å². The molecule has 4 rings (SSSR count). The Balaban J connectivity index is 2.19. The first-order valence-electron chi connectivity index (χ1n) is 9.60. The van der Waals surface area contributed by atoms with Crippen LogP contribution in [0.1, 0.15) is 41.4 Å². The van der Waals surface area contributed by atoms with E-state index in [1.807, 2.05) is 30.3 Å². The molecule has 0 amide bonds. The molecule has 146 valence electrons. The molecule has 1 heterocycles. The monoisotopic (exact) mass is 387 g/mol. The third-order valence-corrected chi connectivity index (χ3v) is 5.29. The fourth-order valence-corrected chi connectivity index (χ4v) is 4.00. The number of aldehydes is 1. The minimum absolute atomic E-state index is 0.115. The molecule has 1 N–H and O–H groups in total. The SMILES string of the molecule is Cc1cc(-n2c(C(C)C)c(-c3ccccc3C=O)c3cc(O)ccc32)ccc1F. The summed E-state index contributed by atoms with van der Waals surface area (Å²) in [6.07, 6.45) is 0.855. The van der Waals surface area contributed by atoms with Gasteiger partial charge in [0.25, 0.3) is 0 Å². The van der Waals surface area contributed by atoms with E-state index < -0.39 is 0 Å². The molecular formula is C25H22FNO2. The lowest BCUT2D eigenvalue weighted by molar-refractivity contribution is 0.112. The molecule has 4 aromatic rings. The quantitative estimate of drug-likeness (QED) is 0.413. The van der Waals surface area contributed by atoms with Crippen molar-refractivity contribution in [2.75, 3.05) is 0 Å². The Hall–Kier alpha value is -3.40. The highest BCUT2D eigenvalue weighted by atomic mass is 19.1. The summed E-state index contributed by atoms with van der Waals surface area (Å²) in [6, 6.07) is 17.7. The van der Waals surface area contributed by atoms with Gasteiger partial charge in [-0.15, -0.1) is 0 Å². The normalized spacial score (nSPS) is 11.3. The molecule has 0 aliphatic rings. The van der Waals surface area contributed by atoms with Gasteiger partial charge in [0.05, 0.1) is 5.52 Å². The van der Waals surface area contributed by atoms with Crippen molar-refractivity contribution < 1.29 is 14.3 Å². The van der Waals surface area contributed by atoms with Crippen LogP contribution in [-0.4, -0.2) is 16.0 Å². The molecule has 3 aromatic carbocycles. The third-order valence-electron chi connectivity index (χ3n) is 5.29. The topological polar surface area (TPSA) is 42.2 Å². The number of fused-ring (bicyclic) bond motifs is 1. The molecule has 0 fully saturated rings. The van der Waals surface area contributed by atoms with Crippen LogP contribution in [0.5, 0.6) is 5.75 Å². The van der Waals surface area contributed by atoms with E-state index >= 15 is 0 Å². The first-order valence-corrected chi connectivity index (χ1v) is 9.60. The predicted octanol–water partition coefficient (Wildman–Crippen LogP) is 6.39. The van der Waals surface area contributed by atoms with Crippen LogP contribution < -0.4 is 0 Å². The molecule has 0 aliphatic heterocycles. The number of carbonyl (C=O) groups excluding carboxylic acids is 1. The molecule has 0 aliphatic carbocycles. The Bertz CT molecular complexity index is 1240. The average Bonchev–Trinajstić information content (AvgIpc) is 3.04. The zero-order chi connectivity index (χ0) is 20.7. The van der Waals surface area contributed by atoms with Gasteiger partial charge in [0.1, 0.15) is 11.6 Å². The number of halogens is 1. The van der Waals surface area contributed by atoms with Gasteiger partial charge in [-0.3, -0.25) is 4.79 Å². The number of aryl methyl sites for hydroxylation is 1. The summed E-state index contributed by atoms with van der Waals surface area (Å²) in [5.41, 5.74) is 5.63. The Morgan fingerprint density at radius 3 is 2.48 bits per heavy atom. The molecule has 0 atom stereocenters. The van der Waals surface area contributed by atoms with E-state index in [2.05, 4.69) is 18.4 Å². The molecule has 4 heteroatoms. The Morgan fingerprint density at radius 1 is 1.03 bits per heavy atom. The van der Waals surface area contributed by atoms with Crippen LogP contribution in [-0.2, 0) is 0 Å². The number of phenolic OH excluding ortho intramolecular Hbond substituents is 1. The number of hydrogen-bond acceptors (Lipinski definition) is 2. The van der Waals surface area contributed by atoms with Crippen LogP contribution in [0, 0.1) is 12.7 Å². The molecule has 0 saturated carbocycles. The molecule has 0 radical (unpaired) electrons. The smallest absolute Gasteiger partial charge is 0.150 e. The number of phenols is 1. The second-order valence-electron chi connectivity index (χ2n) is 7.59. The van der Waals surface area contributed by atoms with Crippen LogP contribution in [0.25, 0.3) is 27.7 Å². The van der Waals surface area contributed by atoms with Gasteiger partial charge in [-0.25, -0.2) is 4.39 Å². The fourth-order valence-electron chi connectivity index (χ4n) is 4.00. The van der Waals surface area contributed by atoms with Gasteiger partial charge in [0.2, 0.25) is 0 Å². The summed E-state index contributed by atoms with van der Waals surface area (Å²) in [5.74, 6) is 0.0233. The standard InChI is InChI=1S/C25H22FNO2/c1-15(2)25-24(20-7-5-4-6-17(20)14-28)21-13-19(29)9-11-23(21)27(25)18-8-10-22(26)16(3)12-18/h4-15,29H,1-3H3. The summed E-state index contributed by atoms with van der Waals surface area (Å²) in [4.78, 5) is 11.7. The van der Waals surface area contributed by atoms with Crippen LogP contribution >= 0.6 is 0 Å². The minimum Gasteiger partial charge on any atom is -0.508 e. The highest BCUT2D eigenvalue weighted by molar-refractivity contribution is 6.03. The van der Waals surface area contributed by atoms with Gasteiger partial charge < -0.3 is 9.67 Å². The second kappa shape index (κ2) is 7.21. The maximum atomic E-state index is 13.9. The summed E-state index contributed by atoms with van der Waals surface area (Å²) in [7, 11) is 0. The van der Waals surface area contributed by atoms with Gasteiger partial charge in [0, 0.05) is 27.9 Å². The average molecular weight is 387 g/mol. The first-order chi connectivity index (χ1) is 13.9. The van der Waals surface area contributed by atoms with Gasteiger partial charge in [-0.2, -0.15) is 0 Å². The van der Waals surface area contributed by atoms with E-state index in [-0.39, 0.29) is 17.5 Å². The van der Waals surface area contributed by atoms with Crippen molar-refractivity contribution in [3.05, 3.63) is 83.3 Å². The van der Waals surface area contributed by atoms with Crippen molar-refractivity contribution in [1.82, 2.24) is 4.57 Å². The molecule has 1 aromatic heterocycles. The number of rotatable bonds is 4. The van der Waals surface area contributed by atoms with Crippen molar-refractivity contribution in [2.45, 2.75) is 26.7 Å². The lowest BCUT2D eigenvalue weighted by Gasteiger charge is -2.17. The largest absolute Gasteiger partial charge is 0.508 e. The van der Waals surface area contributed by atoms with Crippen molar-refractivity contribution in [3.8, 4) is 22.6 Å². The molecule has 29 heavy (non-hydrogen) atoms.